The van der Waals surface area contributed by atoms with Gasteiger partial charge in [0.1, 0.15) is 5.82 Å². The fraction of sp³-hybridized carbons (Fsp3) is 0.375. The monoisotopic (exact) mass is 270 g/mol. The normalized spacial score (nSPS) is 16.6. The summed E-state index contributed by atoms with van der Waals surface area (Å²) in [6, 6.07) is 9.75. The number of fused-ring (bicyclic) bond motifs is 1. The van der Waals surface area contributed by atoms with E-state index in [1.807, 2.05) is 30.3 Å². The molecule has 0 atom stereocenters. The summed E-state index contributed by atoms with van der Waals surface area (Å²) in [6.07, 6.45) is 2.78. The van der Waals surface area contributed by atoms with Crippen LogP contribution in [0.5, 0.6) is 0 Å². The van der Waals surface area contributed by atoms with Gasteiger partial charge in [-0.25, -0.2) is 4.98 Å². The molecule has 20 heavy (non-hydrogen) atoms. The van der Waals surface area contributed by atoms with Crippen LogP contribution in [0.1, 0.15) is 23.2 Å². The summed E-state index contributed by atoms with van der Waals surface area (Å²) in [4.78, 5) is 18.1. The lowest BCUT2D eigenvalue weighted by Gasteiger charge is -2.32. The third-order valence-electron chi connectivity index (χ3n) is 4.03. The summed E-state index contributed by atoms with van der Waals surface area (Å²) in [5, 5.41) is 10.2. The van der Waals surface area contributed by atoms with Crippen LogP contribution in [0.4, 0.5) is 5.82 Å². The van der Waals surface area contributed by atoms with Gasteiger partial charge < -0.3 is 10.0 Å². The van der Waals surface area contributed by atoms with Gasteiger partial charge in [0, 0.05) is 25.1 Å². The first-order valence-electron chi connectivity index (χ1n) is 7.02. The minimum atomic E-state index is 0.250. The number of hydrogen-bond acceptors (Lipinski definition) is 4. The van der Waals surface area contributed by atoms with Gasteiger partial charge in [-0.1, -0.05) is 18.2 Å². The smallest absolute Gasteiger partial charge is 0.153 e. The van der Waals surface area contributed by atoms with Crippen molar-refractivity contribution in [3.05, 3.63) is 35.9 Å². The van der Waals surface area contributed by atoms with Crippen molar-refractivity contribution in [2.24, 2.45) is 5.92 Å². The van der Waals surface area contributed by atoms with Gasteiger partial charge >= 0.3 is 0 Å². The van der Waals surface area contributed by atoms with Crippen molar-refractivity contribution in [2.75, 3.05) is 24.6 Å². The highest BCUT2D eigenvalue weighted by molar-refractivity contribution is 5.91. The zero-order valence-corrected chi connectivity index (χ0v) is 11.3. The highest BCUT2D eigenvalue weighted by atomic mass is 16.3. The number of aldehydes is 1. The molecule has 1 aliphatic rings. The Morgan fingerprint density at radius 2 is 2.05 bits per heavy atom. The Morgan fingerprint density at radius 1 is 1.30 bits per heavy atom. The molecule has 0 bridgehead atoms. The van der Waals surface area contributed by atoms with Gasteiger partial charge in [-0.05, 0) is 30.9 Å². The van der Waals surface area contributed by atoms with Gasteiger partial charge in [0.15, 0.2) is 6.29 Å². The van der Waals surface area contributed by atoms with Crippen molar-refractivity contribution in [3.8, 4) is 0 Å². The Balaban J connectivity index is 1.96. The number of pyridine rings is 1. The number of para-hydroxylation sites is 1. The molecule has 0 aliphatic carbocycles. The molecule has 1 saturated heterocycles. The van der Waals surface area contributed by atoms with E-state index in [-0.39, 0.29) is 6.61 Å². The largest absolute Gasteiger partial charge is 0.396 e. The molecule has 4 heteroatoms. The van der Waals surface area contributed by atoms with E-state index in [1.54, 1.807) is 0 Å². The van der Waals surface area contributed by atoms with Crippen LogP contribution >= 0.6 is 0 Å². The average Bonchev–Trinajstić information content (AvgIpc) is 2.53. The van der Waals surface area contributed by atoms with E-state index in [1.165, 1.54) is 0 Å². The minimum absolute atomic E-state index is 0.250. The lowest BCUT2D eigenvalue weighted by Crippen LogP contribution is -2.35. The summed E-state index contributed by atoms with van der Waals surface area (Å²) in [7, 11) is 0. The fourth-order valence-corrected chi connectivity index (χ4v) is 2.79. The molecule has 0 radical (unpaired) electrons. The molecular weight excluding hydrogens is 252 g/mol. The highest BCUT2D eigenvalue weighted by Crippen LogP contribution is 2.26. The molecule has 1 aliphatic heterocycles. The number of aliphatic hydroxyl groups is 1. The maximum Gasteiger partial charge on any atom is 0.153 e. The molecule has 0 amide bonds. The van der Waals surface area contributed by atoms with E-state index < -0.39 is 0 Å². The summed E-state index contributed by atoms with van der Waals surface area (Å²) in [6.45, 7) is 1.94. The predicted octanol–water partition coefficient (Wildman–Crippen LogP) is 2.26. The summed E-state index contributed by atoms with van der Waals surface area (Å²) in [5.74, 6) is 1.15. The molecule has 0 saturated carbocycles. The second-order valence-corrected chi connectivity index (χ2v) is 5.32. The minimum Gasteiger partial charge on any atom is -0.396 e. The molecule has 0 spiro atoms. The van der Waals surface area contributed by atoms with Gasteiger partial charge in [-0.15, -0.1) is 0 Å². The first kappa shape index (κ1) is 13.1. The third-order valence-corrected chi connectivity index (χ3v) is 4.03. The summed E-state index contributed by atoms with van der Waals surface area (Å²) in [5.41, 5.74) is 1.56. The first-order valence-corrected chi connectivity index (χ1v) is 7.02. The fourth-order valence-electron chi connectivity index (χ4n) is 2.79. The first-order chi connectivity index (χ1) is 9.81. The van der Waals surface area contributed by atoms with Gasteiger partial charge in [-0.3, -0.25) is 4.79 Å². The van der Waals surface area contributed by atoms with Gasteiger partial charge in [-0.2, -0.15) is 0 Å². The van der Waals surface area contributed by atoms with Gasteiger partial charge in [0.05, 0.1) is 11.1 Å². The van der Waals surface area contributed by atoms with Crippen molar-refractivity contribution in [1.29, 1.82) is 0 Å². The van der Waals surface area contributed by atoms with Crippen molar-refractivity contribution in [2.45, 2.75) is 12.8 Å². The lowest BCUT2D eigenvalue weighted by atomic mass is 9.97. The van der Waals surface area contributed by atoms with Crippen LogP contribution in [0.3, 0.4) is 0 Å². The summed E-state index contributed by atoms with van der Waals surface area (Å²) >= 11 is 0. The lowest BCUT2D eigenvalue weighted by molar-refractivity contribution is 0.112. The number of aliphatic hydroxyl groups excluding tert-OH is 1. The van der Waals surface area contributed by atoms with E-state index in [9.17, 15) is 9.90 Å². The second kappa shape index (κ2) is 5.59. The zero-order chi connectivity index (χ0) is 13.9. The Bertz CT molecular complexity index is 619. The third kappa shape index (κ3) is 2.39. The quantitative estimate of drug-likeness (QED) is 0.869. The topological polar surface area (TPSA) is 53.4 Å². The number of benzene rings is 1. The van der Waals surface area contributed by atoms with Crippen LogP contribution in [0, 0.1) is 5.92 Å². The van der Waals surface area contributed by atoms with E-state index in [0.717, 1.165) is 48.9 Å². The maximum atomic E-state index is 11.3. The Hall–Kier alpha value is -1.94. The Labute approximate surface area is 118 Å². The number of carbonyl (C=O) groups excluding carboxylic acids is 1. The molecule has 3 rings (SSSR count). The highest BCUT2D eigenvalue weighted by Gasteiger charge is 2.21. The van der Waals surface area contributed by atoms with Crippen molar-refractivity contribution >= 4 is 23.0 Å². The Kier molecular flexibility index (Phi) is 3.65. The van der Waals surface area contributed by atoms with Crippen molar-refractivity contribution < 1.29 is 9.90 Å². The van der Waals surface area contributed by atoms with Crippen LogP contribution in [-0.4, -0.2) is 36.1 Å². The van der Waals surface area contributed by atoms with Crippen LogP contribution in [0.15, 0.2) is 30.3 Å². The zero-order valence-electron chi connectivity index (χ0n) is 11.3. The number of anilines is 1. The molecule has 1 fully saturated rings. The van der Waals surface area contributed by atoms with Crippen molar-refractivity contribution in [1.82, 2.24) is 4.98 Å². The number of piperidine rings is 1. The van der Waals surface area contributed by atoms with E-state index in [4.69, 9.17) is 0 Å². The molecule has 1 aromatic carbocycles. The number of carbonyl (C=O) groups is 1. The van der Waals surface area contributed by atoms with Gasteiger partial charge in [0.2, 0.25) is 0 Å². The number of aromatic nitrogens is 1. The molecule has 104 valence electrons. The van der Waals surface area contributed by atoms with E-state index in [0.29, 0.717) is 11.5 Å². The van der Waals surface area contributed by atoms with E-state index >= 15 is 0 Å². The molecule has 2 aromatic rings. The van der Waals surface area contributed by atoms with Crippen LogP contribution in [0.25, 0.3) is 10.9 Å². The number of nitrogens with zero attached hydrogens (tertiary/aromatic N) is 2. The average molecular weight is 270 g/mol. The number of rotatable bonds is 3. The van der Waals surface area contributed by atoms with Crippen LogP contribution < -0.4 is 4.90 Å². The van der Waals surface area contributed by atoms with E-state index in [2.05, 4.69) is 9.88 Å². The van der Waals surface area contributed by atoms with Crippen LogP contribution in [0.2, 0.25) is 0 Å². The molecule has 1 N–H and O–H groups in total. The molecule has 2 heterocycles. The second-order valence-electron chi connectivity index (χ2n) is 5.32. The molecule has 0 unspecified atom stereocenters. The van der Waals surface area contributed by atoms with Crippen LogP contribution in [-0.2, 0) is 0 Å². The molecular formula is C16H18N2O2. The Morgan fingerprint density at radius 3 is 2.75 bits per heavy atom. The SMILES string of the molecule is O=Cc1cc2ccccc2nc1N1CCC(CO)CC1. The number of hydrogen-bond donors (Lipinski definition) is 1. The predicted molar refractivity (Wildman–Crippen MR) is 79.2 cm³/mol. The molecule has 1 aromatic heterocycles. The van der Waals surface area contributed by atoms with Gasteiger partial charge in [0.25, 0.3) is 0 Å². The standard InChI is InChI=1S/C16H18N2O2/c19-10-12-5-7-18(8-6-12)16-14(11-20)9-13-3-1-2-4-15(13)17-16/h1-4,9,11-12,19H,5-8,10H2. The summed E-state index contributed by atoms with van der Waals surface area (Å²) < 4.78 is 0. The maximum absolute atomic E-state index is 11.3. The van der Waals surface area contributed by atoms with Crippen molar-refractivity contribution in [3.63, 3.8) is 0 Å². The molecule has 4 nitrogen and oxygen atoms in total.